The van der Waals surface area contributed by atoms with Crippen LogP contribution < -0.4 is 5.32 Å². The van der Waals surface area contributed by atoms with E-state index in [2.05, 4.69) is 21.2 Å². The van der Waals surface area contributed by atoms with Gasteiger partial charge in [0.25, 0.3) is 5.91 Å². The third-order valence-electron chi connectivity index (χ3n) is 3.43. The molecule has 122 valence electrons. The standard InChI is InChI=1S/C18H14BrNO3S/c19-14-5-3-4-12(8-14)18(22)20-9-17(21)23-10-13-11-24-16-7-2-1-6-15(13)16/h1-8,11H,9-10H2,(H,20,22). The summed E-state index contributed by atoms with van der Waals surface area (Å²) in [5.41, 5.74) is 1.46. The second-order valence-corrected chi connectivity index (χ2v) is 6.94. The molecule has 3 aromatic rings. The molecule has 0 atom stereocenters. The SMILES string of the molecule is O=C(CNC(=O)c1cccc(Br)c1)OCc1csc2ccccc12. The minimum atomic E-state index is -0.464. The molecule has 0 radical (unpaired) electrons. The zero-order valence-electron chi connectivity index (χ0n) is 12.6. The van der Waals surface area contributed by atoms with Gasteiger partial charge in [-0.1, -0.05) is 40.2 Å². The lowest BCUT2D eigenvalue weighted by molar-refractivity contribution is -0.143. The molecule has 0 spiro atoms. The first-order valence-corrected chi connectivity index (χ1v) is 8.95. The topological polar surface area (TPSA) is 55.4 Å². The van der Waals surface area contributed by atoms with Crippen LogP contribution in [0.25, 0.3) is 10.1 Å². The van der Waals surface area contributed by atoms with Crippen LogP contribution in [0.2, 0.25) is 0 Å². The van der Waals surface area contributed by atoms with Crippen molar-refractivity contribution in [3.05, 3.63) is 69.5 Å². The maximum absolute atomic E-state index is 12.0. The van der Waals surface area contributed by atoms with Gasteiger partial charge in [0.2, 0.25) is 0 Å². The molecule has 4 nitrogen and oxygen atoms in total. The number of halogens is 1. The van der Waals surface area contributed by atoms with E-state index in [0.29, 0.717) is 5.56 Å². The van der Waals surface area contributed by atoms with Crippen molar-refractivity contribution in [2.75, 3.05) is 6.54 Å². The molecule has 0 aliphatic carbocycles. The van der Waals surface area contributed by atoms with E-state index in [1.54, 1.807) is 29.5 Å². The van der Waals surface area contributed by atoms with Crippen LogP contribution in [0.5, 0.6) is 0 Å². The summed E-state index contributed by atoms with van der Waals surface area (Å²) in [5, 5.41) is 5.64. The van der Waals surface area contributed by atoms with Crippen molar-refractivity contribution in [2.24, 2.45) is 0 Å². The molecule has 2 aromatic carbocycles. The molecule has 1 heterocycles. The number of carbonyl (C=O) groups excluding carboxylic acids is 2. The maximum Gasteiger partial charge on any atom is 0.325 e. The smallest absolute Gasteiger partial charge is 0.325 e. The number of hydrogen-bond acceptors (Lipinski definition) is 4. The molecule has 0 saturated carbocycles. The van der Waals surface area contributed by atoms with Crippen molar-refractivity contribution >= 4 is 49.2 Å². The highest BCUT2D eigenvalue weighted by molar-refractivity contribution is 9.10. The minimum absolute atomic E-state index is 0.159. The first-order valence-electron chi connectivity index (χ1n) is 7.28. The number of fused-ring (bicyclic) bond motifs is 1. The summed E-state index contributed by atoms with van der Waals surface area (Å²) in [4.78, 5) is 23.8. The summed E-state index contributed by atoms with van der Waals surface area (Å²) >= 11 is 4.92. The maximum atomic E-state index is 12.0. The Morgan fingerprint density at radius 2 is 1.96 bits per heavy atom. The number of esters is 1. The molecule has 0 aliphatic rings. The van der Waals surface area contributed by atoms with E-state index in [-0.39, 0.29) is 19.1 Å². The summed E-state index contributed by atoms with van der Waals surface area (Å²) in [5.74, 6) is -0.775. The molecule has 0 aliphatic heterocycles. The molecule has 24 heavy (non-hydrogen) atoms. The molecule has 1 amide bonds. The van der Waals surface area contributed by atoms with Crippen molar-refractivity contribution in [3.8, 4) is 0 Å². The highest BCUT2D eigenvalue weighted by Crippen LogP contribution is 2.26. The number of thiophene rings is 1. The Bertz CT molecular complexity index is 891. The molecule has 6 heteroatoms. The number of amides is 1. The molecule has 0 unspecified atom stereocenters. The van der Waals surface area contributed by atoms with E-state index in [9.17, 15) is 9.59 Å². The van der Waals surface area contributed by atoms with Crippen molar-refractivity contribution in [2.45, 2.75) is 6.61 Å². The second kappa shape index (κ2) is 7.59. The van der Waals surface area contributed by atoms with E-state index in [1.807, 2.05) is 35.7 Å². The Hall–Kier alpha value is -2.18. The van der Waals surface area contributed by atoms with Crippen molar-refractivity contribution in [1.82, 2.24) is 5.32 Å². The summed E-state index contributed by atoms with van der Waals surface area (Å²) in [6.45, 7) is 0.0447. The number of ether oxygens (including phenoxy) is 1. The average Bonchev–Trinajstić information content (AvgIpc) is 3.01. The van der Waals surface area contributed by atoms with Gasteiger partial charge in [-0.3, -0.25) is 9.59 Å². The van der Waals surface area contributed by atoms with Gasteiger partial charge in [-0.2, -0.15) is 0 Å². The van der Waals surface area contributed by atoms with Crippen LogP contribution in [0.15, 0.2) is 58.4 Å². The van der Waals surface area contributed by atoms with Crippen molar-refractivity contribution in [1.29, 1.82) is 0 Å². The van der Waals surface area contributed by atoms with Gasteiger partial charge < -0.3 is 10.1 Å². The Morgan fingerprint density at radius 3 is 2.79 bits per heavy atom. The van der Waals surface area contributed by atoms with E-state index in [0.717, 1.165) is 20.1 Å². The fraction of sp³-hybridized carbons (Fsp3) is 0.111. The monoisotopic (exact) mass is 403 g/mol. The lowest BCUT2D eigenvalue weighted by Gasteiger charge is -2.06. The Balaban J connectivity index is 1.52. The van der Waals surface area contributed by atoms with Gasteiger partial charge in [0.05, 0.1) is 0 Å². The minimum Gasteiger partial charge on any atom is -0.459 e. The molecular weight excluding hydrogens is 390 g/mol. The van der Waals surface area contributed by atoms with Gasteiger partial charge >= 0.3 is 5.97 Å². The summed E-state index contributed by atoms with van der Waals surface area (Å²) in [6.07, 6.45) is 0. The van der Waals surface area contributed by atoms with Gasteiger partial charge in [0, 0.05) is 20.3 Å². The van der Waals surface area contributed by atoms with E-state index >= 15 is 0 Å². The van der Waals surface area contributed by atoms with Crippen LogP contribution in [-0.2, 0) is 16.1 Å². The summed E-state index contributed by atoms with van der Waals surface area (Å²) in [7, 11) is 0. The zero-order valence-corrected chi connectivity index (χ0v) is 15.0. The molecule has 1 N–H and O–H groups in total. The number of rotatable bonds is 5. The van der Waals surface area contributed by atoms with Crippen molar-refractivity contribution in [3.63, 3.8) is 0 Å². The Labute approximate surface area is 151 Å². The normalized spacial score (nSPS) is 10.5. The highest BCUT2D eigenvalue weighted by atomic mass is 79.9. The van der Waals surface area contributed by atoms with Gasteiger partial charge in [-0.25, -0.2) is 0 Å². The molecule has 3 rings (SSSR count). The predicted molar refractivity (Wildman–Crippen MR) is 98.1 cm³/mol. The van der Waals surface area contributed by atoms with Crippen LogP contribution in [0, 0.1) is 0 Å². The Morgan fingerprint density at radius 1 is 1.12 bits per heavy atom. The van der Waals surface area contributed by atoms with Crippen LogP contribution in [0.4, 0.5) is 0 Å². The second-order valence-electron chi connectivity index (χ2n) is 5.11. The first kappa shape index (κ1) is 16.7. The fourth-order valence-electron chi connectivity index (χ4n) is 2.24. The number of benzene rings is 2. The van der Waals surface area contributed by atoms with Gasteiger partial charge in [-0.15, -0.1) is 11.3 Å². The number of carbonyl (C=O) groups is 2. The van der Waals surface area contributed by atoms with E-state index in [4.69, 9.17) is 4.74 Å². The van der Waals surface area contributed by atoms with Crippen LogP contribution in [0.1, 0.15) is 15.9 Å². The van der Waals surface area contributed by atoms with Crippen molar-refractivity contribution < 1.29 is 14.3 Å². The van der Waals surface area contributed by atoms with Gasteiger partial charge in [0.15, 0.2) is 0 Å². The lowest BCUT2D eigenvalue weighted by atomic mass is 10.2. The average molecular weight is 404 g/mol. The number of nitrogens with one attached hydrogen (secondary N) is 1. The summed E-state index contributed by atoms with van der Waals surface area (Å²) in [6, 6.07) is 14.9. The third-order valence-corrected chi connectivity index (χ3v) is 4.94. The quantitative estimate of drug-likeness (QED) is 0.651. The molecule has 0 fully saturated rings. The van der Waals surface area contributed by atoms with Crippen LogP contribution in [0.3, 0.4) is 0 Å². The van der Waals surface area contributed by atoms with Crippen LogP contribution in [-0.4, -0.2) is 18.4 Å². The Kier molecular flexibility index (Phi) is 5.27. The molecule has 0 saturated heterocycles. The largest absolute Gasteiger partial charge is 0.459 e. The molecular formula is C18H14BrNO3S. The van der Waals surface area contributed by atoms with Gasteiger partial charge in [-0.05, 0) is 35.0 Å². The summed E-state index contributed by atoms with van der Waals surface area (Å²) < 4.78 is 7.21. The molecule has 0 bridgehead atoms. The zero-order chi connectivity index (χ0) is 16.9. The van der Waals surface area contributed by atoms with E-state index < -0.39 is 5.97 Å². The van der Waals surface area contributed by atoms with E-state index in [1.165, 1.54) is 0 Å². The molecule has 1 aromatic heterocycles. The van der Waals surface area contributed by atoms with Crippen LogP contribution >= 0.6 is 27.3 Å². The lowest BCUT2D eigenvalue weighted by Crippen LogP contribution is -2.30. The predicted octanol–water partition coefficient (Wildman–Crippen LogP) is 4.14. The highest BCUT2D eigenvalue weighted by Gasteiger charge is 2.10. The fourth-order valence-corrected chi connectivity index (χ4v) is 3.58. The first-order chi connectivity index (χ1) is 11.6. The number of hydrogen-bond donors (Lipinski definition) is 1. The van der Waals surface area contributed by atoms with Gasteiger partial charge in [0.1, 0.15) is 13.2 Å². The third kappa shape index (κ3) is 4.01.